The summed E-state index contributed by atoms with van der Waals surface area (Å²) < 4.78 is 45.5. The minimum atomic E-state index is -4.55. The van der Waals surface area contributed by atoms with E-state index < -0.39 is 11.7 Å². The van der Waals surface area contributed by atoms with Crippen LogP contribution in [0.15, 0.2) is 48.8 Å². The SMILES string of the molecule is COc1ccc(-c2ncnn2-c2ccc(Cl)c(C(F)(F)F)c2)cc1. The summed E-state index contributed by atoms with van der Waals surface area (Å²) in [5, 5.41) is 3.66. The highest BCUT2D eigenvalue weighted by molar-refractivity contribution is 6.31. The molecule has 3 rings (SSSR count). The number of aromatic nitrogens is 3. The Morgan fingerprint density at radius 3 is 2.42 bits per heavy atom. The molecule has 0 saturated carbocycles. The van der Waals surface area contributed by atoms with Gasteiger partial charge in [0.1, 0.15) is 12.1 Å². The van der Waals surface area contributed by atoms with Crippen LogP contribution in [0.25, 0.3) is 17.1 Å². The maximum Gasteiger partial charge on any atom is 0.417 e. The van der Waals surface area contributed by atoms with Crippen LogP contribution in [0.4, 0.5) is 13.2 Å². The van der Waals surface area contributed by atoms with Crippen molar-refractivity contribution in [3.8, 4) is 22.8 Å². The van der Waals surface area contributed by atoms with Gasteiger partial charge in [0.05, 0.1) is 23.4 Å². The van der Waals surface area contributed by atoms with Gasteiger partial charge in [0.25, 0.3) is 0 Å². The Kier molecular flexibility index (Phi) is 4.19. The lowest BCUT2D eigenvalue weighted by molar-refractivity contribution is -0.137. The fraction of sp³-hybridized carbons (Fsp3) is 0.125. The highest BCUT2D eigenvalue weighted by Crippen LogP contribution is 2.36. The van der Waals surface area contributed by atoms with Crippen LogP contribution >= 0.6 is 11.6 Å². The first-order chi connectivity index (χ1) is 11.4. The Morgan fingerprint density at radius 1 is 1.08 bits per heavy atom. The van der Waals surface area contributed by atoms with Crippen molar-refractivity contribution in [1.82, 2.24) is 14.8 Å². The third kappa shape index (κ3) is 3.07. The molecule has 2 aromatic carbocycles. The van der Waals surface area contributed by atoms with Crippen molar-refractivity contribution < 1.29 is 17.9 Å². The van der Waals surface area contributed by atoms with Gasteiger partial charge in [0.15, 0.2) is 5.82 Å². The van der Waals surface area contributed by atoms with Gasteiger partial charge in [-0.25, -0.2) is 9.67 Å². The van der Waals surface area contributed by atoms with Crippen molar-refractivity contribution >= 4 is 11.6 Å². The Hall–Kier alpha value is -2.54. The van der Waals surface area contributed by atoms with Crippen LogP contribution in [0.5, 0.6) is 5.75 Å². The van der Waals surface area contributed by atoms with E-state index in [0.717, 1.165) is 6.07 Å². The molecule has 0 aliphatic heterocycles. The number of halogens is 4. The molecule has 0 bridgehead atoms. The third-order valence-electron chi connectivity index (χ3n) is 3.40. The average molecular weight is 354 g/mol. The Morgan fingerprint density at radius 2 is 1.79 bits per heavy atom. The van der Waals surface area contributed by atoms with Crippen molar-refractivity contribution in [2.45, 2.75) is 6.18 Å². The third-order valence-corrected chi connectivity index (χ3v) is 3.73. The van der Waals surface area contributed by atoms with Crippen molar-refractivity contribution in [2.24, 2.45) is 0 Å². The van der Waals surface area contributed by atoms with E-state index >= 15 is 0 Å². The molecule has 0 aliphatic carbocycles. The number of hydrogen-bond acceptors (Lipinski definition) is 3. The number of ether oxygens (including phenoxy) is 1. The molecule has 0 N–H and O–H groups in total. The molecule has 8 heteroatoms. The van der Waals surface area contributed by atoms with Gasteiger partial charge in [-0.1, -0.05) is 11.6 Å². The van der Waals surface area contributed by atoms with E-state index in [1.54, 1.807) is 31.4 Å². The monoisotopic (exact) mass is 353 g/mol. The van der Waals surface area contributed by atoms with E-state index in [1.165, 1.54) is 23.1 Å². The zero-order chi connectivity index (χ0) is 17.3. The van der Waals surface area contributed by atoms with Crippen LogP contribution in [-0.4, -0.2) is 21.9 Å². The predicted molar refractivity (Wildman–Crippen MR) is 83.4 cm³/mol. The normalized spacial score (nSPS) is 11.5. The van der Waals surface area contributed by atoms with Gasteiger partial charge < -0.3 is 4.74 Å². The molecule has 124 valence electrons. The Bertz CT molecular complexity index is 860. The number of alkyl halides is 3. The highest BCUT2D eigenvalue weighted by Gasteiger charge is 2.33. The van der Waals surface area contributed by atoms with Crippen LogP contribution in [-0.2, 0) is 6.18 Å². The fourth-order valence-electron chi connectivity index (χ4n) is 2.23. The summed E-state index contributed by atoms with van der Waals surface area (Å²) >= 11 is 5.65. The smallest absolute Gasteiger partial charge is 0.417 e. The summed E-state index contributed by atoms with van der Waals surface area (Å²) in [5.74, 6) is 1.07. The quantitative estimate of drug-likeness (QED) is 0.690. The number of nitrogens with zero attached hydrogens (tertiary/aromatic N) is 3. The van der Waals surface area contributed by atoms with Crippen molar-refractivity contribution in [1.29, 1.82) is 0 Å². The maximum absolute atomic E-state index is 13.0. The molecule has 0 spiro atoms. The zero-order valence-corrected chi connectivity index (χ0v) is 13.1. The van der Waals surface area contributed by atoms with Gasteiger partial charge in [0, 0.05) is 5.56 Å². The molecule has 1 heterocycles. The Labute approximate surface area is 140 Å². The summed E-state index contributed by atoms with van der Waals surface area (Å²) in [6.45, 7) is 0. The fourth-order valence-corrected chi connectivity index (χ4v) is 2.45. The molecular weight excluding hydrogens is 343 g/mol. The summed E-state index contributed by atoms with van der Waals surface area (Å²) in [4.78, 5) is 4.13. The molecular formula is C16H11ClF3N3O. The maximum atomic E-state index is 13.0. The van der Waals surface area contributed by atoms with Gasteiger partial charge in [-0.05, 0) is 42.5 Å². The summed E-state index contributed by atoms with van der Waals surface area (Å²) in [7, 11) is 1.55. The molecule has 1 aromatic heterocycles. The predicted octanol–water partition coefficient (Wildman–Crippen LogP) is 4.62. The molecule has 0 unspecified atom stereocenters. The van der Waals surface area contributed by atoms with E-state index in [0.29, 0.717) is 17.1 Å². The topological polar surface area (TPSA) is 39.9 Å². The van der Waals surface area contributed by atoms with Crippen LogP contribution in [0.3, 0.4) is 0 Å². The van der Waals surface area contributed by atoms with Gasteiger partial charge in [-0.2, -0.15) is 18.3 Å². The molecule has 4 nitrogen and oxygen atoms in total. The lowest BCUT2D eigenvalue weighted by Gasteiger charge is -2.12. The van der Waals surface area contributed by atoms with Gasteiger partial charge >= 0.3 is 6.18 Å². The van der Waals surface area contributed by atoms with E-state index in [-0.39, 0.29) is 10.7 Å². The minimum Gasteiger partial charge on any atom is -0.497 e. The van der Waals surface area contributed by atoms with E-state index in [4.69, 9.17) is 16.3 Å². The van der Waals surface area contributed by atoms with Crippen molar-refractivity contribution in [3.05, 3.63) is 59.4 Å². The first kappa shape index (κ1) is 16.3. The Balaban J connectivity index is 2.07. The van der Waals surface area contributed by atoms with E-state index in [2.05, 4.69) is 10.1 Å². The number of benzene rings is 2. The minimum absolute atomic E-state index is 0.218. The lowest BCUT2D eigenvalue weighted by Crippen LogP contribution is -2.08. The molecule has 0 radical (unpaired) electrons. The molecule has 3 aromatic rings. The standard InChI is InChI=1S/C16H11ClF3N3O/c1-24-12-5-2-10(3-6-12)15-21-9-22-23(15)11-4-7-14(17)13(8-11)16(18,19)20/h2-9H,1H3. The highest BCUT2D eigenvalue weighted by atomic mass is 35.5. The molecule has 24 heavy (non-hydrogen) atoms. The zero-order valence-electron chi connectivity index (χ0n) is 12.4. The second-order valence-corrected chi connectivity index (χ2v) is 5.29. The van der Waals surface area contributed by atoms with Crippen LogP contribution < -0.4 is 4.74 Å². The second kappa shape index (κ2) is 6.16. The van der Waals surface area contributed by atoms with E-state index in [1.807, 2.05) is 0 Å². The molecule has 0 aliphatic rings. The van der Waals surface area contributed by atoms with Gasteiger partial charge in [-0.3, -0.25) is 0 Å². The van der Waals surface area contributed by atoms with E-state index in [9.17, 15) is 13.2 Å². The van der Waals surface area contributed by atoms with Crippen LogP contribution in [0.2, 0.25) is 5.02 Å². The molecule has 0 fully saturated rings. The van der Waals surface area contributed by atoms with Crippen molar-refractivity contribution in [2.75, 3.05) is 7.11 Å². The van der Waals surface area contributed by atoms with Gasteiger partial charge in [0.2, 0.25) is 0 Å². The summed E-state index contributed by atoms with van der Waals surface area (Å²) in [6.07, 6.45) is -3.27. The number of methoxy groups -OCH3 is 1. The summed E-state index contributed by atoms with van der Waals surface area (Å²) in [5.41, 5.74) is -0.00954. The first-order valence-electron chi connectivity index (χ1n) is 6.81. The van der Waals surface area contributed by atoms with Gasteiger partial charge in [-0.15, -0.1) is 0 Å². The average Bonchev–Trinajstić information content (AvgIpc) is 3.04. The lowest BCUT2D eigenvalue weighted by atomic mass is 10.1. The van der Waals surface area contributed by atoms with Crippen LogP contribution in [0.1, 0.15) is 5.56 Å². The molecule has 0 saturated heterocycles. The van der Waals surface area contributed by atoms with Crippen LogP contribution in [0, 0.1) is 0 Å². The first-order valence-corrected chi connectivity index (χ1v) is 7.19. The largest absolute Gasteiger partial charge is 0.497 e. The second-order valence-electron chi connectivity index (χ2n) is 4.89. The van der Waals surface area contributed by atoms with Crippen molar-refractivity contribution in [3.63, 3.8) is 0 Å². The number of hydrogen-bond donors (Lipinski definition) is 0. The summed E-state index contributed by atoms with van der Waals surface area (Å²) in [6, 6.07) is 10.6. The molecule has 0 atom stereocenters. The number of rotatable bonds is 3. The molecule has 0 amide bonds.